The largest absolute Gasteiger partial charge is 0.494 e. The van der Waals surface area contributed by atoms with Crippen LogP contribution in [0.4, 0.5) is 11.4 Å². The van der Waals surface area contributed by atoms with Gasteiger partial charge in [0.2, 0.25) is 0 Å². The Morgan fingerprint density at radius 2 is 1.65 bits per heavy atom. The first kappa shape index (κ1) is 19.2. The summed E-state index contributed by atoms with van der Waals surface area (Å²) in [6.45, 7) is 2.02. The van der Waals surface area contributed by atoms with Gasteiger partial charge in [0.25, 0.3) is 5.91 Å². The molecule has 1 N–H and O–H groups in total. The molecular weight excluding hydrogens is 395 g/mol. The lowest BCUT2D eigenvalue weighted by molar-refractivity contribution is 0.102. The van der Waals surface area contributed by atoms with E-state index in [9.17, 15) is 4.79 Å². The van der Waals surface area contributed by atoms with Gasteiger partial charge in [-0.15, -0.1) is 0 Å². The van der Waals surface area contributed by atoms with Crippen LogP contribution in [0.15, 0.2) is 30.3 Å². The van der Waals surface area contributed by atoms with E-state index >= 15 is 0 Å². The Balaban J connectivity index is 1.76. The van der Waals surface area contributed by atoms with Crippen LogP contribution >= 0.6 is 34.8 Å². The van der Waals surface area contributed by atoms with Crippen molar-refractivity contribution in [3.63, 3.8) is 0 Å². The van der Waals surface area contributed by atoms with Crippen molar-refractivity contribution in [3.05, 3.63) is 51.0 Å². The lowest BCUT2D eigenvalue weighted by Crippen LogP contribution is -2.29. The molecule has 2 aromatic carbocycles. The first-order chi connectivity index (χ1) is 12.5. The summed E-state index contributed by atoms with van der Waals surface area (Å²) in [6.07, 6.45) is 3.61. The zero-order chi connectivity index (χ0) is 18.7. The van der Waals surface area contributed by atoms with Crippen LogP contribution in [0.3, 0.4) is 0 Å². The first-order valence-corrected chi connectivity index (χ1v) is 9.52. The zero-order valence-corrected chi connectivity index (χ0v) is 16.6. The lowest BCUT2D eigenvalue weighted by atomic mass is 10.1. The molecule has 1 amide bonds. The molecule has 1 saturated heterocycles. The topological polar surface area (TPSA) is 41.6 Å². The predicted octanol–water partition coefficient (Wildman–Crippen LogP) is 5.90. The average Bonchev–Trinajstić information content (AvgIpc) is 2.62. The third kappa shape index (κ3) is 4.20. The zero-order valence-electron chi connectivity index (χ0n) is 14.3. The number of nitrogens with zero attached hydrogens (tertiary/aromatic N) is 1. The summed E-state index contributed by atoms with van der Waals surface area (Å²) >= 11 is 18.6. The minimum absolute atomic E-state index is 0.281. The van der Waals surface area contributed by atoms with Crippen LogP contribution in [0, 0.1) is 0 Å². The molecule has 0 spiro atoms. The quantitative estimate of drug-likeness (QED) is 0.678. The van der Waals surface area contributed by atoms with Crippen molar-refractivity contribution < 1.29 is 9.53 Å². The van der Waals surface area contributed by atoms with E-state index in [1.165, 1.54) is 38.5 Å². The van der Waals surface area contributed by atoms with Crippen LogP contribution in [0.1, 0.15) is 29.6 Å². The van der Waals surface area contributed by atoms with Crippen molar-refractivity contribution in [2.45, 2.75) is 19.3 Å². The van der Waals surface area contributed by atoms with Gasteiger partial charge >= 0.3 is 0 Å². The molecule has 138 valence electrons. The molecule has 0 aliphatic carbocycles. The SMILES string of the molecule is COc1c(Cl)cc(C(=O)Nc2ccc(N3CCCCC3)c(Cl)c2)cc1Cl. The average molecular weight is 414 g/mol. The third-order valence-electron chi connectivity index (χ3n) is 4.37. The number of benzene rings is 2. The number of piperidine rings is 1. The normalized spacial score (nSPS) is 14.2. The highest BCUT2D eigenvalue weighted by Gasteiger charge is 2.16. The summed E-state index contributed by atoms with van der Waals surface area (Å²) in [5.74, 6) is 0.0251. The van der Waals surface area contributed by atoms with Crippen molar-refractivity contribution in [3.8, 4) is 5.75 Å². The Morgan fingerprint density at radius 3 is 2.23 bits per heavy atom. The Hall–Kier alpha value is -1.62. The number of carbonyl (C=O) groups is 1. The summed E-state index contributed by atoms with van der Waals surface area (Å²) in [5.41, 5.74) is 1.96. The van der Waals surface area contributed by atoms with Crippen molar-refractivity contribution in [2.75, 3.05) is 30.4 Å². The van der Waals surface area contributed by atoms with Crippen LogP contribution in [-0.4, -0.2) is 26.1 Å². The van der Waals surface area contributed by atoms with Crippen LogP contribution < -0.4 is 15.0 Å². The van der Waals surface area contributed by atoms with Crippen LogP contribution in [0.25, 0.3) is 0 Å². The maximum absolute atomic E-state index is 12.5. The van der Waals surface area contributed by atoms with E-state index in [-0.39, 0.29) is 16.0 Å². The molecule has 0 radical (unpaired) electrons. The molecule has 1 aliphatic heterocycles. The van der Waals surface area contributed by atoms with E-state index < -0.39 is 0 Å². The number of hydrogen-bond donors (Lipinski definition) is 1. The third-order valence-corrected chi connectivity index (χ3v) is 5.23. The van der Waals surface area contributed by atoms with E-state index in [4.69, 9.17) is 39.5 Å². The number of rotatable bonds is 4. The van der Waals surface area contributed by atoms with E-state index in [0.29, 0.717) is 22.0 Å². The van der Waals surface area contributed by atoms with Gasteiger partial charge in [0.05, 0.1) is 27.9 Å². The number of methoxy groups -OCH3 is 1. The highest BCUT2D eigenvalue weighted by molar-refractivity contribution is 6.38. The molecule has 26 heavy (non-hydrogen) atoms. The second-order valence-corrected chi connectivity index (χ2v) is 7.36. The highest BCUT2D eigenvalue weighted by atomic mass is 35.5. The number of ether oxygens (including phenoxy) is 1. The lowest BCUT2D eigenvalue weighted by Gasteiger charge is -2.29. The summed E-state index contributed by atoms with van der Waals surface area (Å²) in [7, 11) is 1.47. The summed E-state index contributed by atoms with van der Waals surface area (Å²) in [5, 5.41) is 4.00. The van der Waals surface area contributed by atoms with Crippen LogP contribution in [0.2, 0.25) is 15.1 Å². The Bertz CT molecular complexity index is 797. The second kappa shape index (κ2) is 8.38. The summed E-state index contributed by atoms with van der Waals surface area (Å²) < 4.78 is 5.10. The number of halogens is 3. The van der Waals surface area contributed by atoms with Gasteiger partial charge in [-0.1, -0.05) is 34.8 Å². The maximum Gasteiger partial charge on any atom is 0.255 e. The van der Waals surface area contributed by atoms with Gasteiger partial charge in [-0.2, -0.15) is 0 Å². The number of hydrogen-bond acceptors (Lipinski definition) is 3. The molecular formula is C19H19Cl3N2O2. The highest BCUT2D eigenvalue weighted by Crippen LogP contribution is 2.34. The standard InChI is InChI=1S/C19H19Cl3N2O2/c1-26-18-15(21)9-12(10-16(18)22)19(25)23-13-5-6-17(14(20)11-13)24-7-3-2-4-8-24/h5-6,9-11H,2-4,7-8H2,1H3,(H,23,25). The van der Waals surface area contributed by atoms with Crippen LogP contribution in [-0.2, 0) is 0 Å². The minimum atomic E-state index is -0.321. The van der Waals surface area contributed by atoms with Gasteiger partial charge in [0.15, 0.2) is 5.75 Å². The second-order valence-electron chi connectivity index (χ2n) is 6.14. The molecule has 0 atom stereocenters. The number of nitrogens with one attached hydrogen (secondary N) is 1. The Kier molecular flexibility index (Phi) is 6.17. The van der Waals surface area contributed by atoms with E-state index in [1.807, 2.05) is 12.1 Å². The van der Waals surface area contributed by atoms with E-state index in [2.05, 4.69) is 10.2 Å². The fourth-order valence-electron chi connectivity index (χ4n) is 3.07. The smallest absolute Gasteiger partial charge is 0.255 e. The Labute approximate surface area is 168 Å². The van der Waals surface area contributed by atoms with Gasteiger partial charge in [0, 0.05) is 24.3 Å². The Morgan fingerprint density at radius 1 is 1.00 bits per heavy atom. The molecule has 3 rings (SSSR count). The molecule has 1 fully saturated rings. The molecule has 2 aromatic rings. The molecule has 1 heterocycles. The number of carbonyl (C=O) groups excluding carboxylic acids is 1. The van der Waals surface area contributed by atoms with Crippen molar-refractivity contribution in [2.24, 2.45) is 0 Å². The predicted molar refractivity (Wildman–Crippen MR) is 108 cm³/mol. The van der Waals surface area contributed by atoms with Gasteiger partial charge in [0.1, 0.15) is 0 Å². The molecule has 1 aliphatic rings. The summed E-state index contributed by atoms with van der Waals surface area (Å²) in [4.78, 5) is 14.8. The molecule has 7 heteroatoms. The summed E-state index contributed by atoms with van der Waals surface area (Å²) in [6, 6.07) is 8.59. The maximum atomic E-state index is 12.5. The van der Waals surface area contributed by atoms with Crippen molar-refractivity contribution in [1.82, 2.24) is 0 Å². The first-order valence-electron chi connectivity index (χ1n) is 8.38. The van der Waals surface area contributed by atoms with Gasteiger partial charge < -0.3 is 15.0 Å². The number of anilines is 2. The molecule has 4 nitrogen and oxygen atoms in total. The van der Waals surface area contributed by atoms with Gasteiger partial charge in [-0.3, -0.25) is 4.79 Å². The molecule has 0 aromatic heterocycles. The monoisotopic (exact) mass is 412 g/mol. The van der Waals surface area contributed by atoms with Crippen molar-refractivity contribution in [1.29, 1.82) is 0 Å². The number of amides is 1. The molecule has 0 unspecified atom stereocenters. The fourth-order valence-corrected chi connectivity index (χ4v) is 4.01. The van der Waals surface area contributed by atoms with Crippen molar-refractivity contribution >= 4 is 52.1 Å². The fraction of sp³-hybridized carbons (Fsp3) is 0.316. The molecule has 0 saturated carbocycles. The van der Waals surface area contributed by atoms with Gasteiger partial charge in [-0.05, 0) is 49.6 Å². The van der Waals surface area contributed by atoms with E-state index in [1.54, 1.807) is 6.07 Å². The minimum Gasteiger partial charge on any atom is -0.494 e. The van der Waals surface area contributed by atoms with Gasteiger partial charge in [-0.25, -0.2) is 0 Å². The van der Waals surface area contributed by atoms with Crippen LogP contribution in [0.5, 0.6) is 5.75 Å². The van der Waals surface area contributed by atoms with E-state index in [0.717, 1.165) is 18.8 Å². The molecule has 0 bridgehead atoms.